The molecular weight excluding hydrogens is 415 g/mol. The van der Waals surface area contributed by atoms with E-state index in [2.05, 4.69) is 9.71 Å². The summed E-state index contributed by atoms with van der Waals surface area (Å²) >= 11 is 0. The van der Waals surface area contributed by atoms with Crippen LogP contribution >= 0.6 is 0 Å². The molecule has 2 aromatic heterocycles. The van der Waals surface area contributed by atoms with E-state index in [-0.39, 0.29) is 5.69 Å². The summed E-state index contributed by atoms with van der Waals surface area (Å²) in [4.78, 5) is 4.04. The van der Waals surface area contributed by atoms with Gasteiger partial charge in [-0.15, -0.1) is 0 Å². The topological polar surface area (TPSA) is 63.5 Å². The number of imidazole rings is 1. The maximum absolute atomic E-state index is 13.0. The number of rotatable bonds is 4. The average molecular weight is 431 g/mol. The van der Waals surface area contributed by atoms with Crippen LogP contribution in [0.2, 0.25) is 0 Å². The van der Waals surface area contributed by atoms with E-state index in [0.717, 1.165) is 23.8 Å². The number of nitrogens with one attached hydrogen (secondary N) is 1. The molecule has 0 fully saturated rings. The molecule has 0 atom stereocenters. The number of benzene rings is 2. The van der Waals surface area contributed by atoms with E-state index in [1.54, 1.807) is 25.1 Å². The molecule has 9 heteroatoms. The number of hydrogen-bond donors (Lipinski definition) is 1. The summed E-state index contributed by atoms with van der Waals surface area (Å²) in [5, 5.41) is 0. The Morgan fingerprint density at radius 1 is 1.00 bits per heavy atom. The predicted octanol–water partition coefficient (Wildman–Crippen LogP) is 5.13. The van der Waals surface area contributed by atoms with Gasteiger partial charge in [0.1, 0.15) is 5.65 Å². The molecule has 2 heterocycles. The van der Waals surface area contributed by atoms with E-state index in [1.807, 2.05) is 35.0 Å². The smallest absolute Gasteiger partial charge is 0.306 e. The molecule has 0 unspecified atom stereocenters. The van der Waals surface area contributed by atoms with Crippen LogP contribution in [0.3, 0.4) is 0 Å². The molecule has 154 valence electrons. The molecule has 0 spiro atoms. The largest absolute Gasteiger partial charge is 0.416 e. The molecule has 30 heavy (non-hydrogen) atoms. The first kappa shape index (κ1) is 20.0. The molecule has 0 aliphatic carbocycles. The van der Waals surface area contributed by atoms with Gasteiger partial charge in [-0.3, -0.25) is 4.72 Å². The minimum Gasteiger partial charge on any atom is -0.306 e. The van der Waals surface area contributed by atoms with E-state index in [9.17, 15) is 21.6 Å². The van der Waals surface area contributed by atoms with Crippen LogP contribution in [0, 0.1) is 6.92 Å². The Kier molecular flexibility index (Phi) is 4.77. The maximum atomic E-state index is 13.0. The number of nitrogens with zero attached hydrogens (tertiary/aromatic N) is 2. The van der Waals surface area contributed by atoms with E-state index in [1.165, 1.54) is 0 Å². The summed E-state index contributed by atoms with van der Waals surface area (Å²) in [6.07, 6.45) is -0.979. The number of anilines is 1. The fraction of sp³-hybridized carbons (Fsp3) is 0.0952. The molecule has 0 aliphatic heterocycles. The van der Waals surface area contributed by atoms with E-state index in [4.69, 9.17) is 0 Å². The third kappa shape index (κ3) is 3.88. The van der Waals surface area contributed by atoms with Crippen molar-refractivity contribution in [1.82, 2.24) is 9.38 Å². The zero-order valence-corrected chi connectivity index (χ0v) is 16.5. The zero-order valence-electron chi connectivity index (χ0n) is 15.7. The fourth-order valence-electron chi connectivity index (χ4n) is 3.01. The second kappa shape index (κ2) is 7.17. The number of aryl methyl sites for hydroxylation is 1. The number of pyridine rings is 1. The summed E-state index contributed by atoms with van der Waals surface area (Å²) < 4.78 is 68.5. The molecule has 4 aromatic rings. The van der Waals surface area contributed by atoms with Crippen molar-refractivity contribution < 1.29 is 21.6 Å². The van der Waals surface area contributed by atoms with Crippen LogP contribution < -0.4 is 4.72 Å². The lowest BCUT2D eigenvalue weighted by molar-refractivity contribution is -0.137. The minimum absolute atomic E-state index is 0.266. The van der Waals surface area contributed by atoms with Gasteiger partial charge in [0.25, 0.3) is 10.0 Å². The number of halogens is 3. The predicted molar refractivity (Wildman–Crippen MR) is 108 cm³/mol. The Labute approximate surface area is 170 Å². The minimum atomic E-state index is -4.63. The van der Waals surface area contributed by atoms with Crippen LogP contribution in [-0.2, 0) is 16.2 Å². The first-order valence-electron chi connectivity index (χ1n) is 8.88. The van der Waals surface area contributed by atoms with Crippen molar-refractivity contribution in [2.75, 3.05) is 4.72 Å². The SMILES string of the molecule is Cc1ccc(-c2cn3ccccc3n2)cc1NS(=O)(=O)c1cccc(C(F)(F)F)c1. The lowest BCUT2D eigenvalue weighted by atomic mass is 10.1. The second-order valence-corrected chi connectivity index (χ2v) is 8.44. The van der Waals surface area contributed by atoms with Gasteiger partial charge in [0.2, 0.25) is 0 Å². The summed E-state index contributed by atoms with van der Waals surface area (Å²) in [6.45, 7) is 1.71. The number of alkyl halides is 3. The van der Waals surface area contributed by atoms with Gasteiger partial charge in [0.05, 0.1) is 21.8 Å². The monoisotopic (exact) mass is 431 g/mol. The third-order valence-corrected chi connectivity index (χ3v) is 5.98. The van der Waals surface area contributed by atoms with Crippen molar-refractivity contribution in [3.05, 3.63) is 84.2 Å². The molecule has 0 saturated carbocycles. The number of hydrogen-bond acceptors (Lipinski definition) is 3. The molecule has 0 amide bonds. The highest BCUT2D eigenvalue weighted by Crippen LogP contribution is 2.32. The van der Waals surface area contributed by atoms with Crippen molar-refractivity contribution >= 4 is 21.4 Å². The quantitative estimate of drug-likeness (QED) is 0.487. The van der Waals surface area contributed by atoms with Crippen molar-refractivity contribution in [1.29, 1.82) is 0 Å². The van der Waals surface area contributed by atoms with Gasteiger partial charge in [0, 0.05) is 18.0 Å². The summed E-state index contributed by atoms with van der Waals surface area (Å²) in [5.74, 6) is 0. The highest BCUT2D eigenvalue weighted by Gasteiger charge is 2.31. The molecule has 5 nitrogen and oxygen atoms in total. The molecule has 0 saturated heterocycles. The van der Waals surface area contributed by atoms with E-state index >= 15 is 0 Å². The fourth-order valence-corrected chi connectivity index (χ4v) is 4.18. The van der Waals surface area contributed by atoms with Crippen LogP contribution in [0.25, 0.3) is 16.9 Å². The van der Waals surface area contributed by atoms with Gasteiger partial charge in [0.15, 0.2) is 0 Å². The van der Waals surface area contributed by atoms with Crippen LogP contribution in [0.1, 0.15) is 11.1 Å². The summed E-state index contributed by atoms with van der Waals surface area (Å²) in [5.41, 5.74) is 1.91. The average Bonchev–Trinajstić information content (AvgIpc) is 3.13. The van der Waals surface area contributed by atoms with E-state index < -0.39 is 26.7 Å². The Morgan fingerprint density at radius 2 is 1.80 bits per heavy atom. The van der Waals surface area contributed by atoms with Crippen LogP contribution in [0.4, 0.5) is 18.9 Å². The van der Waals surface area contributed by atoms with Crippen LogP contribution in [0.5, 0.6) is 0 Å². The van der Waals surface area contributed by atoms with Crippen molar-refractivity contribution in [3.63, 3.8) is 0 Å². The molecule has 4 rings (SSSR count). The molecule has 0 aliphatic rings. The number of aromatic nitrogens is 2. The lowest BCUT2D eigenvalue weighted by Gasteiger charge is -2.13. The van der Waals surface area contributed by atoms with Gasteiger partial charge in [-0.25, -0.2) is 13.4 Å². The Balaban J connectivity index is 1.70. The van der Waals surface area contributed by atoms with Gasteiger partial charge >= 0.3 is 6.18 Å². The van der Waals surface area contributed by atoms with Gasteiger partial charge < -0.3 is 4.40 Å². The number of sulfonamides is 1. The first-order chi connectivity index (χ1) is 14.1. The molecule has 1 N–H and O–H groups in total. The van der Waals surface area contributed by atoms with Crippen LogP contribution in [0.15, 0.2) is 78.0 Å². The maximum Gasteiger partial charge on any atom is 0.416 e. The third-order valence-electron chi connectivity index (χ3n) is 4.61. The summed E-state index contributed by atoms with van der Waals surface area (Å²) in [6, 6.07) is 14.3. The molecule has 0 radical (unpaired) electrons. The van der Waals surface area contributed by atoms with Crippen molar-refractivity contribution in [2.45, 2.75) is 18.0 Å². The Morgan fingerprint density at radius 3 is 2.53 bits per heavy atom. The van der Waals surface area contributed by atoms with Crippen molar-refractivity contribution in [3.8, 4) is 11.3 Å². The first-order valence-corrected chi connectivity index (χ1v) is 10.4. The van der Waals surface area contributed by atoms with Gasteiger partial charge in [-0.2, -0.15) is 13.2 Å². The molecule has 0 bridgehead atoms. The van der Waals surface area contributed by atoms with Gasteiger partial charge in [-0.1, -0.05) is 24.3 Å². The lowest BCUT2D eigenvalue weighted by Crippen LogP contribution is -2.15. The van der Waals surface area contributed by atoms with Crippen LogP contribution in [-0.4, -0.2) is 17.8 Å². The highest BCUT2D eigenvalue weighted by molar-refractivity contribution is 7.92. The zero-order chi connectivity index (χ0) is 21.5. The van der Waals surface area contributed by atoms with Crippen molar-refractivity contribution in [2.24, 2.45) is 0 Å². The van der Waals surface area contributed by atoms with E-state index in [0.29, 0.717) is 22.9 Å². The molecule has 2 aromatic carbocycles. The highest BCUT2D eigenvalue weighted by atomic mass is 32.2. The summed E-state index contributed by atoms with van der Waals surface area (Å²) in [7, 11) is -4.22. The molecular formula is C21H16F3N3O2S. The van der Waals surface area contributed by atoms with Gasteiger partial charge in [-0.05, 0) is 48.9 Å². The number of fused-ring (bicyclic) bond motifs is 1. The second-order valence-electron chi connectivity index (χ2n) is 6.75. The Hall–Kier alpha value is -3.33. The Bertz CT molecular complexity index is 1310. The standard InChI is InChI=1S/C21H16F3N3O2S/c1-14-8-9-15(19-13-27-10-3-2-7-20(27)25-19)11-18(14)26-30(28,29)17-6-4-5-16(12-17)21(22,23)24/h2-13,26H,1H3. The normalized spacial score (nSPS) is 12.3.